The molecular weight excluding hydrogens is 315 g/mol. The van der Waals surface area contributed by atoms with Gasteiger partial charge in [-0.25, -0.2) is 4.79 Å². The van der Waals surface area contributed by atoms with Crippen molar-refractivity contribution in [2.75, 3.05) is 43.4 Å². The second-order valence-corrected chi connectivity index (χ2v) is 5.28. The lowest BCUT2D eigenvalue weighted by atomic mass is 10.1. The Kier molecular flexibility index (Phi) is 4.79. The molecule has 1 amide bonds. The molecular formula is C14H16F3N3O3. The van der Waals surface area contributed by atoms with Crippen molar-refractivity contribution in [1.29, 1.82) is 0 Å². The number of anilines is 2. The number of carboxylic acid groups (broad SMARTS) is 1. The van der Waals surface area contributed by atoms with E-state index in [4.69, 9.17) is 0 Å². The Labute approximate surface area is 130 Å². The van der Waals surface area contributed by atoms with Crippen LogP contribution in [0.2, 0.25) is 0 Å². The number of halogens is 3. The van der Waals surface area contributed by atoms with Gasteiger partial charge in [-0.15, -0.1) is 0 Å². The van der Waals surface area contributed by atoms with Crippen molar-refractivity contribution in [3.05, 3.63) is 23.8 Å². The maximum atomic E-state index is 12.3. The second kappa shape index (κ2) is 6.45. The molecule has 2 rings (SSSR count). The van der Waals surface area contributed by atoms with Gasteiger partial charge in [0.05, 0.1) is 11.3 Å². The van der Waals surface area contributed by atoms with Crippen LogP contribution in [0.3, 0.4) is 0 Å². The van der Waals surface area contributed by atoms with Gasteiger partial charge in [-0.3, -0.25) is 4.79 Å². The zero-order chi connectivity index (χ0) is 17.2. The van der Waals surface area contributed by atoms with E-state index < -0.39 is 18.1 Å². The Morgan fingerprint density at radius 2 is 1.78 bits per heavy atom. The number of hydrogen-bond donors (Lipinski definition) is 2. The van der Waals surface area contributed by atoms with E-state index in [9.17, 15) is 27.9 Å². The summed E-state index contributed by atoms with van der Waals surface area (Å²) >= 11 is 0. The number of rotatable bonds is 3. The maximum absolute atomic E-state index is 12.3. The highest BCUT2D eigenvalue weighted by atomic mass is 19.4. The van der Waals surface area contributed by atoms with E-state index in [1.54, 1.807) is 5.32 Å². The summed E-state index contributed by atoms with van der Waals surface area (Å²) in [7, 11) is 1.97. The molecule has 0 radical (unpaired) electrons. The van der Waals surface area contributed by atoms with Gasteiger partial charge >= 0.3 is 18.1 Å². The van der Waals surface area contributed by atoms with Crippen molar-refractivity contribution < 1.29 is 27.9 Å². The number of benzene rings is 1. The smallest absolute Gasteiger partial charge is 0.471 e. The number of nitrogens with zero attached hydrogens (tertiary/aromatic N) is 2. The normalized spacial score (nSPS) is 16.3. The van der Waals surface area contributed by atoms with Crippen molar-refractivity contribution in [3.8, 4) is 0 Å². The minimum atomic E-state index is -5.08. The molecule has 9 heteroatoms. The van der Waals surface area contributed by atoms with Crippen LogP contribution in [-0.4, -0.2) is 61.3 Å². The number of alkyl halides is 3. The molecule has 126 valence electrons. The molecule has 1 aliphatic rings. The Balaban J connectivity index is 2.25. The van der Waals surface area contributed by atoms with Crippen molar-refractivity contribution >= 4 is 23.3 Å². The molecule has 0 spiro atoms. The van der Waals surface area contributed by atoms with Crippen LogP contribution in [0.15, 0.2) is 18.2 Å². The summed E-state index contributed by atoms with van der Waals surface area (Å²) in [6, 6.07) is 3.96. The van der Waals surface area contributed by atoms with Crippen LogP contribution in [0, 0.1) is 0 Å². The molecule has 1 fully saturated rings. The molecule has 6 nitrogen and oxygen atoms in total. The van der Waals surface area contributed by atoms with Gasteiger partial charge in [0.2, 0.25) is 0 Å². The van der Waals surface area contributed by atoms with Crippen molar-refractivity contribution in [3.63, 3.8) is 0 Å². The van der Waals surface area contributed by atoms with Crippen molar-refractivity contribution in [2.24, 2.45) is 0 Å². The van der Waals surface area contributed by atoms with Gasteiger partial charge in [0.1, 0.15) is 0 Å². The Bertz CT molecular complexity index is 611. The molecule has 0 aromatic heterocycles. The van der Waals surface area contributed by atoms with E-state index in [-0.39, 0.29) is 11.3 Å². The van der Waals surface area contributed by atoms with Gasteiger partial charge < -0.3 is 20.2 Å². The Hall–Kier alpha value is -2.29. The van der Waals surface area contributed by atoms with E-state index in [0.29, 0.717) is 18.8 Å². The maximum Gasteiger partial charge on any atom is 0.471 e. The predicted octanol–water partition coefficient (Wildman–Crippen LogP) is 1.64. The molecule has 0 saturated carbocycles. The molecule has 2 N–H and O–H groups in total. The predicted molar refractivity (Wildman–Crippen MR) is 77.8 cm³/mol. The molecule has 1 heterocycles. The monoisotopic (exact) mass is 331 g/mol. The molecule has 1 aromatic carbocycles. The highest BCUT2D eigenvalue weighted by molar-refractivity contribution is 6.02. The fourth-order valence-electron chi connectivity index (χ4n) is 2.27. The van der Waals surface area contributed by atoms with Crippen LogP contribution in [0.1, 0.15) is 10.4 Å². The van der Waals surface area contributed by atoms with Crippen molar-refractivity contribution in [2.45, 2.75) is 6.18 Å². The van der Waals surface area contributed by atoms with Gasteiger partial charge in [-0.2, -0.15) is 13.2 Å². The first-order valence-corrected chi connectivity index (χ1v) is 6.87. The molecule has 1 aromatic rings. The topological polar surface area (TPSA) is 72.9 Å². The summed E-state index contributed by atoms with van der Waals surface area (Å²) in [5, 5.41) is 10.8. The van der Waals surface area contributed by atoms with E-state index in [1.807, 2.05) is 11.9 Å². The lowest BCUT2D eigenvalue weighted by Crippen LogP contribution is -2.44. The first-order valence-electron chi connectivity index (χ1n) is 6.87. The first kappa shape index (κ1) is 17.1. The molecule has 0 atom stereocenters. The average molecular weight is 331 g/mol. The van der Waals surface area contributed by atoms with Gasteiger partial charge in [-0.05, 0) is 25.2 Å². The SMILES string of the molecule is CN1CCN(c2ccc(NC(=O)C(F)(F)F)c(C(=O)O)c2)CC1. The van der Waals surface area contributed by atoms with Crippen molar-refractivity contribution in [1.82, 2.24) is 4.90 Å². The Morgan fingerprint density at radius 1 is 1.17 bits per heavy atom. The third-order valence-electron chi connectivity index (χ3n) is 3.61. The lowest BCUT2D eigenvalue weighted by molar-refractivity contribution is -0.167. The highest BCUT2D eigenvalue weighted by Crippen LogP contribution is 2.26. The molecule has 0 unspecified atom stereocenters. The molecule has 23 heavy (non-hydrogen) atoms. The standard InChI is InChI=1S/C14H16F3N3O3/c1-19-4-6-20(7-5-19)9-2-3-11(10(8-9)12(21)22)18-13(23)14(15,16)17/h2-3,8H,4-7H2,1H3,(H,18,23)(H,21,22). The van der Waals surface area contributed by atoms with Gasteiger partial charge in [0, 0.05) is 31.9 Å². The lowest BCUT2D eigenvalue weighted by Gasteiger charge is -2.34. The van der Waals surface area contributed by atoms with Crippen LogP contribution in [0.25, 0.3) is 0 Å². The van der Waals surface area contributed by atoms with E-state index in [2.05, 4.69) is 4.90 Å². The summed E-state index contributed by atoms with van der Waals surface area (Å²) in [4.78, 5) is 26.3. The van der Waals surface area contributed by atoms with E-state index >= 15 is 0 Å². The Morgan fingerprint density at radius 3 is 2.30 bits per heavy atom. The third-order valence-corrected chi connectivity index (χ3v) is 3.61. The van der Waals surface area contributed by atoms with E-state index in [0.717, 1.165) is 13.1 Å². The van der Waals surface area contributed by atoms with Crippen LogP contribution < -0.4 is 10.2 Å². The zero-order valence-electron chi connectivity index (χ0n) is 12.4. The largest absolute Gasteiger partial charge is 0.478 e. The minimum Gasteiger partial charge on any atom is -0.478 e. The van der Waals surface area contributed by atoms with Crippen LogP contribution in [0.5, 0.6) is 0 Å². The number of carbonyl (C=O) groups is 2. The number of nitrogens with one attached hydrogen (secondary N) is 1. The summed E-state index contributed by atoms with van der Waals surface area (Å²) in [5.74, 6) is -3.61. The number of piperazine rings is 1. The summed E-state index contributed by atoms with van der Waals surface area (Å²) in [6.07, 6.45) is -5.08. The summed E-state index contributed by atoms with van der Waals surface area (Å²) < 4.78 is 36.9. The first-order chi connectivity index (χ1) is 10.7. The minimum absolute atomic E-state index is 0.376. The summed E-state index contributed by atoms with van der Waals surface area (Å²) in [6.45, 7) is 2.97. The van der Waals surface area contributed by atoms with Crippen LogP contribution >= 0.6 is 0 Å². The number of likely N-dealkylation sites (N-methyl/N-ethyl adjacent to an activating group) is 1. The molecule has 1 saturated heterocycles. The highest BCUT2D eigenvalue weighted by Gasteiger charge is 2.39. The average Bonchev–Trinajstić information content (AvgIpc) is 2.47. The van der Waals surface area contributed by atoms with Gasteiger partial charge in [-0.1, -0.05) is 0 Å². The number of carbonyl (C=O) groups excluding carboxylic acids is 1. The molecule has 0 bridgehead atoms. The molecule has 0 aliphatic carbocycles. The summed E-state index contributed by atoms with van der Waals surface area (Å²) in [5.41, 5.74) is -0.155. The fourth-order valence-corrected chi connectivity index (χ4v) is 2.27. The number of amides is 1. The van der Waals surface area contributed by atoms with E-state index in [1.165, 1.54) is 18.2 Å². The number of aromatic carboxylic acids is 1. The zero-order valence-corrected chi connectivity index (χ0v) is 12.4. The quantitative estimate of drug-likeness (QED) is 0.881. The number of carboxylic acids is 1. The third kappa shape index (κ3) is 4.13. The van der Waals surface area contributed by atoms with Crippen LogP contribution in [-0.2, 0) is 4.79 Å². The van der Waals surface area contributed by atoms with Gasteiger partial charge in [0.15, 0.2) is 0 Å². The molecule has 1 aliphatic heterocycles. The second-order valence-electron chi connectivity index (χ2n) is 5.28. The van der Waals surface area contributed by atoms with Crippen LogP contribution in [0.4, 0.5) is 24.5 Å². The number of hydrogen-bond acceptors (Lipinski definition) is 4. The fraction of sp³-hybridized carbons (Fsp3) is 0.429. The van der Waals surface area contributed by atoms with Gasteiger partial charge in [0.25, 0.3) is 0 Å².